The van der Waals surface area contributed by atoms with E-state index in [-0.39, 0.29) is 18.2 Å². The minimum absolute atomic E-state index is 0.179. The van der Waals surface area contributed by atoms with Gasteiger partial charge in [-0.15, -0.1) is 0 Å². The number of hydrogen-bond acceptors (Lipinski definition) is 3. The zero-order valence-corrected chi connectivity index (χ0v) is 10.5. The van der Waals surface area contributed by atoms with Crippen molar-refractivity contribution in [2.24, 2.45) is 0 Å². The molecule has 0 spiro atoms. The molecule has 0 saturated heterocycles. The lowest BCUT2D eigenvalue weighted by molar-refractivity contribution is -0.137. The molecule has 98 valence electrons. The zero-order valence-electron chi connectivity index (χ0n) is 10.5. The van der Waals surface area contributed by atoms with Crippen LogP contribution in [0.4, 0.5) is 0 Å². The summed E-state index contributed by atoms with van der Waals surface area (Å²) in [5.41, 5.74) is 1.12. The predicted molar refractivity (Wildman–Crippen MR) is 68.5 cm³/mol. The van der Waals surface area contributed by atoms with Crippen LogP contribution in [-0.2, 0) is 4.79 Å². The first-order valence-electron chi connectivity index (χ1n) is 6.34. The van der Waals surface area contributed by atoms with Crippen molar-refractivity contribution < 1.29 is 15.0 Å². The van der Waals surface area contributed by atoms with Gasteiger partial charge >= 0.3 is 5.97 Å². The number of aliphatic carboxylic acids is 1. The molecule has 0 radical (unpaired) electrons. The van der Waals surface area contributed by atoms with Crippen LogP contribution in [0, 0.1) is 0 Å². The summed E-state index contributed by atoms with van der Waals surface area (Å²) in [6, 6.07) is 7.86. The van der Waals surface area contributed by atoms with Crippen LogP contribution in [0.25, 0.3) is 0 Å². The number of phenols is 1. The number of carbonyl (C=O) groups is 1. The van der Waals surface area contributed by atoms with Crippen LogP contribution in [0.15, 0.2) is 24.3 Å². The lowest BCUT2D eigenvalue weighted by Crippen LogP contribution is -2.31. The summed E-state index contributed by atoms with van der Waals surface area (Å²) in [4.78, 5) is 12.9. The van der Waals surface area contributed by atoms with E-state index in [0.29, 0.717) is 12.6 Å². The molecule has 1 aromatic carbocycles. The smallest absolute Gasteiger partial charge is 0.304 e. The third-order valence-corrected chi connectivity index (χ3v) is 3.47. The fourth-order valence-corrected chi connectivity index (χ4v) is 2.27. The molecule has 4 nitrogen and oxygen atoms in total. The van der Waals surface area contributed by atoms with Crippen molar-refractivity contribution in [2.45, 2.75) is 38.3 Å². The molecule has 1 unspecified atom stereocenters. The minimum atomic E-state index is -0.751. The van der Waals surface area contributed by atoms with Crippen molar-refractivity contribution >= 4 is 5.97 Å². The van der Waals surface area contributed by atoms with E-state index >= 15 is 0 Å². The Morgan fingerprint density at radius 1 is 1.39 bits per heavy atom. The van der Waals surface area contributed by atoms with Crippen molar-refractivity contribution in [1.29, 1.82) is 0 Å². The Labute approximate surface area is 107 Å². The molecule has 4 heteroatoms. The van der Waals surface area contributed by atoms with Gasteiger partial charge in [-0.1, -0.05) is 12.1 Å². The molecule has 0 amide bonds. The van der Waals surface area contributed by atoms with Crippen LogP contribution < -0.4 is 0 Å². The lowest BCUT2D eigenvalue weighted by atomic mass is 10.1. The fourth-order valence-electron chi connectivity index (χ4n) is 2.27. The molecule has 1 aliphatic carbocycles. The van der Waals surface area contributed by atoms with Gasteiger partial charge in [0.2, 0.25) is 0 Å². The Bertz CT molecular complexity index is 412. The summed E-state index contributed by atoms with van der Waals surface area (Å²) in [5.74, 6) is -0.493. The first-order valence-corrected chi connectivity index (χ1v) is 6.34. The molecular formula is C14H19NO3. The molecule has 2 N–H and O–H groups in total. The van der Waals surface area contributed by atoms with Gasteiger partial charge in [0.15, 0.2) is 0 Å². The number of carboxylic acids is 1. The fraction of sp³-hybridized carbons (Fsp3) is 0.500. The molecule has 0 bridgehead atoms. The molecular weight excluding hydrogens is 230 g/mol. The first-order chi connectivity index (χ1) is 8.58. The van der Waals surface area contributed by atoms with Crippen LogP contribution in [0.2, 0.25) is 0 Å². The highest BCUT2D eigenvalue weighted by Crippen LogP contribution is 2.34. The molecule has 0 aromatic heterocycles. The summed E-state index contributed by atoms with van der Waals surface area (Å²) >= 11 is 0. The Morgan fingerprint density at radius 3 is 2.50 bits per heavy atom. The van der Waals surface area contributed by atoms with Crippen molar-refractivity contribution in [3.05, 3.63) is 29.8 Å². The van der Waals surface area contributed by atoms with Crippen molar-refractivity contribution in [1.82, 2.24) is 4.90 Å². The number of carboxylic acid groups (broad SMARTS) is 1. The summed E-state index contributed by atoms with van der Waals surface area (Å²) in [7, 11) is 0. The number of nitrogens with zero attached hydrogens (tertiary/aromatic N) is 1. The molecule has 0 heterocycles. The third kappa shape index (κ3) is 3.23. The quantitative estimate of drug-likeness (QED) is 0.812. The normalized spacial score (nSPS) is 16.8. The van der Waals surface area contributed by atoms with Crippen LogP contribution in [-0.4, -0.2) is 33.7 Å². The van der Waals surface area contributed by atoms with Gasteiger partial charge in [-0.25, -0.2) is 0 Å². The second-order valence-corrected chi connectivity index (χ2v) is 4.88. The lowest BCUT2D eigenvalue weighted by Gasteiger charge is -2.29. The van der Waals surface area contributed by atoms with Gasteiger partial charge in [-0.3, -0.25) is 9.69 Å². The Hall–Kier alpha value is -1.55. The van der Waals surface area contributed by atoms with E-state index in [1.54, 1.807) is 12.1 Å². The highest BCUT2D eigenvalue weighted by Gasteiger charge is 2.32. The van der Waals surface area contributed by atoms with E-state index < -0.39 is 5.97 Å². The Morgan fingerprint density at radius 2 is 2.00 bits per heavy atom. The van der Waals surface area contributed by atoms with Gasteiger partial charge in [0.05, 0.1) is 6.42 Å². The van der Waals surface area contributed by atoms with E-state index in [9.17, 15) is 9.90 Å². The van der Waals surface area contributed by atoms with Gasteiger partial charge in [0.25, 0.3) is 0 Å². The van der Waals surface area contributed by atoms with Crippen LogP contribution in [0.1, 0.15) is 37.8 Å². The third-order valence-electron chi connectivity index (χ3n) is 3.47. The van der Waals surface area contributed by atoms with E-state index in [2.05, 4.69) is 11.8 Å². The molecule has 1 atom stereocenters. The van der Waals surface area contributed by atoms with Gasteiger partial charge in [0.1, 0.15) is 5.75 Å². The molecule has 2 rings (SSSR count). The summed E-state index contributed by atoms with van der Waals surface area (Å²) in [6.45, 7) is 2.68. The standard InChI is InChI=1S/C14H19NO3/c1-10(11-2-6-13(16)7-3-11)15(12-4-5-12)9-8-14(17)18/h2-3,6-7,10,12,16H,4-5,8-9H2,1H3,(H,17,18). The number of benzene rings is 1. The van der Waals surface area contributed by atoms with E-state index in [1.165, 1.54) is 0 Å². The number of rotatable bonds is 6. The highest BCUT2D eigenvalue weighted by molar-refractivity contribution is 5.66. The van der Waals surface area contributed by atoms with Crippen molar-refractivity contribution in [3.63, 3.8) is 0 Å². The van der Waals surface area contributed by atoms with Gasteiger partial charge in [0, 0.05) is 18.6 Å². The largest absolute Gasteiger partial charge is 0.508 e. The van der Waals surface area contributed by atoms with Crippen molar-refractivity contribution in [3.8, 4) is 5.75 Å². The Balaban J connectivity index is 2.05. The predicted octanol–water partition coefficient (Wildman–Crippen LogP) is 2.39. The number of hydrogen-bond donors (Lipinski definition) is 2. The van der Waals surface area contributed by atoms with E-state index in [4.69, 9.17) is 5.11 Å². The van der Waals surface area contributed by atoms with Crippen LogP contribution in [0.3, 0.4) is 0 Å². The molecule has 1 saturated carbocycles. The maximum Gasteiger partial charge on any atom is 0.304 e. The highest BCUT2D eigenvalue weighted by atomic mass is 16.4. The molecule has 1 aromatic rings. The topological polar surface area (TPSA) is 60.8 Å². The molecule has 0 aliphatic heterocycles. The number of phenolic OH excluding ortho intramolecular Hbond substituents is 1. The van der Waals surface area contributed by atoms with E-state index in [0.717, 1.165) is 18.4 Å². The van der Waals surface area contributed by atoms with Gasteiger partial charge in [-0.2, -0.15) is 0 Å². The van der Waals surface area contributed by atoms with Gasteiger partial charge in [-0.05, 0) is 37.5 Å². The van der Waals surface area contributed by atoms with Crippen molar-refractivity contribution in [2.75, 3.05) is 6.54 Å². The monoisotopic (exact) mass is 249 g/mol. The summed E-state index contributed by atoms with van der Waals surface area (Å²) in [6.07, 6.45) is 2.49. The Kier molecular flexibility index (Phi) is 3.87. The minimum Gasteiger partial charge on any atom is -0.508 e. The molecule has 18 heavy (non-hydrogen) atoms. The van der Waals surface area contributed by atoms with E-state index in [1.807, 2.05) is 12.1 Å². The average molecular weight is 249 g/mol. The maximum atomic E-state index is 10.7. The number of aromatic hydroxyl groups is 1. The molecule has 1 aliphatic rings. The van der Waals surface area contributed by atoms with Crippen LogP contribution in [0.5, 0.6) is 5.75 Å². The van der Waals surface area contributed by atoms with Gasteiger partial charge < -0.3 is 10.2 Å². The summed E-state index contributed by atoms with van der Waals surface area (Å²) < 4.78 is 0. The first kappa shape index (κ1) is 12.9. The van der Waals surface area contributed by atoms with Crippen LogP contribution >= 0.6 is 0 Å². The second kappa shape index (κ2) is 5.40. The molecule has 1 fully saturated rings. The maximum absolute atomic E-state index is 10.7. The zero-order chi connectivity index (χ0) is 13.1. The second-order valence-electron chi connectivity index (χ2n) is 4.88. The average Bonchev–Trinajstić information content (AvgIpc) is 3.14. The SMILES string of the molecule is CC(c1ccc(O)cc1)N(CCC(=O)O)C1CC1. The summed E-state index contributed by atoms with van der Waals surface area (Å²) in [5, 5.41) is 18.1.